The van der Waals surface area contributed by atoms with Crippen molar-refractivity contribution in [2.45, 2.75) is 26.8 Å². The third kappa shape index (κ3) is 4.79. The number of nitrogen functional groups attached to an aromatic ring is 1. The summed E-state index contributed by atoms with van der Waals surface area (Å²) >= 11 is 0. The largest absolute Gasteiger partial charge is 0.383 e. The fourth-order valence-electron chi connectivity index (χ4n) is 3.00. The van der Waals surface area contributed by atoms with Crippen LogP contribution in [0.5, 0.6) is 0 Å². The van der Waals surface area contributed by atoms with Gasteiger partial charge in [-0.25, -0.2) is 4.98 Å². The smallest absolute Gasteiger partial charge is 0.255 e. The van der Waals surface area contributed by atoms with Crippen molar-refractivity contribution < 1.29 is 9.59 Å². The summed E-state index contributed by atoms with van der Waals surface area (Å²) in [5, 5.41) is 5.73. The van der Waals surface area contributed by atoms with E-state index in [4.69, 9.17) is 5.73 Å². The van der Waals surface area contributed by atoms with Crippen molar-refractivity contribution in [2.24, 2.45) is 0 Å². The standard InChI is InChI=1S/C23H24N4O2/c1-14(2)26-23(29)20-12-17(13-25-21(20)24)19-10-9-18(11-15(19)3)27-22(28)16-7-5-4-6-8-16/h4-14H,1-3H3,(H2,24,25)(H,26,29)(H,27,28). The number of anilines is 2. The summed E-state index contributed by atoms with van der Waals surface area (Å²) in [7, 11) is 0. The highest BCUT2D eigenvalue weighted by atomic mass is 16.2. The van der Waals surface area contributed by atoms with Crippen LogP contribution in [0.1, 0.15) is 40.1 Å². The minimum absolute atomic E-state index is 0.000184. The second-order valence-electron chi connectivity index (χ2n) is 7.13. The quantitative estimate of drug-likeness (QED) is 0.615. The van der Waals surface area contributed by atoms with Crippen molar-refractivity contribution in [2.75, 3.05) is 11.1 Å². The lowest BCUT2D eigenvalue weighted by atomic mass is 9.99. The van der Waals surface area contributed by atoms with E-state index in [0.29, 0.717) is 16.8 Å². The molecular weight excluding hydrogens is 364 g/mol. The molecule has 0 saturated carbocycles. The molecule has 0 aliphatic rings. The number of amides is 2. The second kappa shape index (κ2) is 8.56. The number of benzene rings is 2. The van der Waals surface area contributed by atoms with Gasteiger partial charge in [-0.05, 0) is 62.2 Å². The molecule has 6 nitrogen and oxygen atoms in total. The van der Waals surface area contributed by atoms with E-state index in [9.17, 15) is 9.59 Å². The number of carbonyl (C=O) groups is 2. The fourth-order valence-corrected chi connectivity index (χ4v) is 3.00. The predicted molar refractivity (Wildman–Crippen MR) is 116 cm³/mol. The van der Waals surface area contributed by atoms with Gasteiger partial charge in [0.2, 0.25) is 0 Å². The number of rotatable bonds is 5. The lowest BCUT2D eigenvalue weighted by Gasteiger charge is -2.13. The molecule has 0 saturated heterocycles. The molecule has 29 heavy (non-hydrogen) atoms. The summed E-state index contributed by atoms with van der Waals surface area (Å²) in [5.74, 6) is -0.230. The molecule has 0 spiro atoms. The Hall–Kier alpha value is -3.67. The maximum Gasteiger partial charge on any atom is 0.255 e. The molecule has 0 aliphatic heterocycles. The fraction of sp³-hybridized carbons (Fsp3) is 0.174. The van der Waals surface area contributed by atoms with Crippen molar-refractivity contribution in [1.82, 2.24) is 10.3 Å². The number of aromatic nitrogens is 1. The maximum absolute atomic E-state index is 12.4. The summed E-state index contributed by atoms with van der Waals surface area (Å²) < 4.78 is 0. The van der Waals surface area contributed by atoms with Crippen LogP contribution in [0.3, 0.4) is 0 Å². The van der Waals surface area contributed by atoms with Gasteiger partial charge in [-0.2, -0.15) is 0 Å². The van der Waals surface area contributed by atoms with E-state index in [2.05, 4.69) is 15.6 Å². The molecule has 148 valence electrons. The highest BCUT2D eigenvalue weighted by Gasteiger charge is 2.15. The van der Waals surface area contributed by atoms with Gasteiger partial charge in [0.1, 0.15) is 5.82 Å². The number of nitrogens with one attached hydrogen (secondary N) is 2. The van der Waals surface area contributed by atoms with E-state index in [0.717, 1.165) is 16.7 Å². The van der Waals surface area contributed by atoms with Crippen molar-refractivity contribution in [1.29, 1.82) is 0 Å². The van der Waals surface area contributed by atoms with Crippen LogP contribution in [0.25, 0.3) is 11.1 Å². The van der Waals surface area contributed by atoms with Crippen LogP contribution in [0.15, 0.2) is 60.8 Å². The lowest BCUT2D eigenvalue weighted by molar-refractivity contribution is 0.0943. The van der Waals surface area contributed by atoms with Gasteiger partial charge in [-0.1, -0.05) is 24.3 Å². The average Bonchev–Trinajstić information content (AvgIpc) is 2.69. The van der Waals surface area contributed by atoms with Gasteiger partial charge in [0, 0.05) is 29.1 Å². The first kappa shape index (κ1) is 20.1. The van der Waals surface area contributed by atoms with Crippen LogP contribution in [0.2, 0.25) is 0 Å². The zero-order valence-corrected chi connectivity index (χ0v) is 16.7. The normalized spacial score (nSPS) is 10.6. The molecule has 0 radical (unpaired) electrons. The lowest BCUT2D eigenvalue weighted by Crippen LogP contribution is -2.30. The molecule has 2 aromatic carbocycles. The summed E-state index contributed by atoms with van der Waals surface area (Å²) in [4.78, 5) is 28.9. The molecule has 0 bridgehead atoms. The first-order valence-corrected chi connectivity index (χ1v) is 9.39. The molecule has 0 fully saturated rings. The summed E-state index contributed by atoms with van der Waals surface area (Å²) in [6.07, 6.45) is 1.64. The first-order chi connectivity index (χ1) is 13.8. The first-order valence-electron chi connectivity index (χ1n) is 9.39. The molecule has 4 N–H and O–H groups in total. The average molecular weight is 388 g/mol. The van der Waals surface area contributed by atoms with Gasteiger partial charge in [-0.15, -0.1) is 0 Å². The molecule has 3 aromatic rings. The SMILES string of the molecule is Cc1cc(NC(=O)c2ccccc2)ccc1-c1cnc(N)c(C(=O)NC(C)C)c1. The summed E-state index contributed by atoms with van der Waals surface area (Å²) in [6, 6.07) is 16.4. The van der Waals surface area contributed by atoms with Gasteiger partial charge in [0.05, 0.1) is 5.56 Å². The summed E-state index contributed by atoms with van der Waals surface area (Å²) in [5.41, 5.74) is 10.2. The predicted octanol–water partition coefficient (Wildman–Crippen LogP) is 4.03. The van der Waals surface area contributed by atoms with E-state index in [-0.39, 0.29) is 23.7 Å². The van der Waals surface area contributed by atoms with E-state index in [1.54, 1.807) is 24.4 Å². The van der Waals surface area contributed by atoms with Crippen LogP contribution in [0, 0.1) is 6.92 Å². The topological polar surface area (TPSA) is 97.1 Å². The van der Waals surface area contributed by atoms with Crippen LogP contribution in [0.4, 0.5) is 11.5 Å². The number of carbonyl (C=O) groups excluding carboxylic acids is 2. The molecule has 1 heterocycles. The Morgan fingerprint density at radius 2 is 1.72 bits per heavy atom. The Balaban J connectivity index is 1.85. The number of aryl methyl sites for hydroxylation is 1. The Morgan fingerprint density at radius 3 is 2.38 bits per heavy atom. The van der Waals surface area contributed by atoms with Gasteiger partial charge < -0.3 is 16.4 Å². The van der Waals surface area contributed by atoms with E-state index < -0.39 is 0 Å². The Kier molecular flexibility index (Phi) is 5.93. The molecule has 0 atom stereocenters. The maximum atomic E-state index is 12.4. The van der Waals surface area contributed by atoms with E-state index >= 15 is 0 Å². The Bertz CT molecular complexity index is 1050. The molecule has 0 aliphatic carbocycles. The minimum atomic E-state index is -0.253. The van der Waals surface area contributed by atoms with Gasteiger partial charge in [0.15, 0.2) is 0 Å². The van der Waals surface area contributed by atoms with Crippen LogP contribution in [-0.2, 0) is 0 Å². The third-order valence-corrected chi connectivity index (χ3v) is 4.41. The summed E-state index contributed by atoms with van der Waals surface area (Å²) in [6.45, 7) is 5.72. The third-order valence-electron chi connectivity index (χ3n) is 4.41. The molecule has 6 heteroatoms. The molecular formula is C23H24N4O2. The number of nitrogens with zero attached hydrogens (tertiary/aromatic N) is 1. The van der Waals surface area contributed by atoms with Crippen LogP contribution >= 0.6 is 0 Å². The Morgan fingerprint density at radius 1 is 1.00 bits per heavy atom. The zero-order valence-electron chi connectivity index (χ0n) is 16.7. The second-order valence-corrected chi connectivity index (χ2v) is 7.13. The van der Waals surface area contributed by atoms with Crippen molar-refractivity contribution in [3.63, 3.8) is 0 Å². The molecule has 2 amide bonds. The number of nitrogens with two attached hydrogens (primary N) is 1. The zero-order chi connectivity index (χ0) is 21.0. The monoisotopic (exact) mass is 388 g/mol. The van der Waals surface area contributed by atoms with E-state index in [1.807, 2.05) is 57.2 Å². The minimum Gasteiger partial charge on any atom is -0.383 e. The number of hydrogen-bond acceptors (Lipinski definition) is 4. The number of pyridine rings is 1. The molecule has 3 rings (SSSR count). The van der Waals surface area contributed by atoms with Crippen molar-refractivity contribution in [3.05, 3.63) is 77.5 Å². The van der Waals surface area contributed by atoms with Gasteiger partial charge in [0.25, 0.3) is 11.8 Å². The van der Waals surface area contributed by atoms with Crippen LogP contribution in [-0.4, -0.2) is 22.8 Å². The van der Waals surface area contributed by atoms with Crippen molar-refractivity contribution in [3.8, 4) is 11.1 Å². The molecule has 0 unspecified atom stereocenters. The van der Waals surface area contributed by atoms with E-state index in [1.165, 1.54) is 0 Å². The van der Waals surface area contributed by atoms with Crippen LogP contribution < -0.4 is 16.4 Å². The Labute approximate surface area is 170 Å². The van der Waals surface area contributed by atoms with Gasteiger partial charge >= 0.3 is 0 Å². The highest BCUT2D eigenvalue weighted by Crippen LogP contribution is 2.27. The van der Waals surface area contributed by atoms with Crippen molar-refractivity contribution >= 4 is 23.3 Å². The van der Waals surface area contributed by atoms with Gasteiger partial charge in [-0.3, -0.25) is 9.59 Å². The highest BCUT2D eigenvalue weighted by molar-refractivity contribution is 6.04. The number of hydrogen-bond donors (Lipinski definition) is 3. The molecule has 1 aromatic heterocycles.